The van der Waals surface area contributed by atoms with Crippen LogP contribution in [0.4, 0.5) is 0 Å². The van der Waals surface area contributed by atoms with Crippen molar-refractivity contribution >= 4 is 17.7 Å². The second kappa shape index (κ2) is 10.9. The smallest absolute Gasteiger partial charge is 0.336 e. The van der Waals surface area contributed by atoms with Gasteiger partial charge in [0.05, 0.1) is 7.11 Å². The zero-order chi connectivity index (χ0) is 24.0. The summed E-state index contributed by atoms with van der Waals surface area (Å²) < 4.78 is 4.70. The average Bonchev–Trinajstić information content (AvgIpc) is 3.66. The number of likely N-dealkylation sites (N-methyl/N-ethyl adjacent to an activating group) is 1. The van der Waals surface area contributed by atoms with Crippen molar-refractivity contribution in [3.05, 3.63) is 70.8 Å². The number of ether oxygens (including phenoxy) is 1. The standard InChI is InChI=1S/C27H30N2O4/c1-5-24(30)25(27(32)33-4)29(3)26(31)22-14-10-20(11-15-22)7-6-19-8-12-21(13-9-19)18(2)28-23-16-17-23/h8-15,18,23,25,28H,5,16-17H2,1-4H3. The molecule has 2 aromatic carbocycles. The zero-order valence-corrected chi connectivity index (χ0v) is 19.6. The van der Waals surface area contributed by atoms with Crippen LogP contribution in [0.2, 0.25) is 0 Å². The van der Waals surface area contributed by atoms with E-state index in [1.807, 2.05) is 12.1 Å². The molecule has 3 rings (SSSR count). The number of Topliss-reactive ketones (excluding diaryl/α,β-unsaturated/α-hetero) is 1. The summed E-state index contributed by atoms with van der Waals surface area (Å²) >= 11 is 0. The minimum absolute atomic E-state index is 0.128. The van der Waals surface area contributed by atoms with Crippen molar-refractivity contribution in [1.82, 2.24) is 10.2 Å². The number of hydrogen-bond donors (Lipinski definition) is 1. The van der Waals surface area contributed by atoms with Crippen LogP contribution in [0, 0.1) is 11.8 Å². The van der Waals surface area contributed by atoms with Gasteiger partial charge in [0, 0.05) is 42.2 Å². The number of carbonyl (C=O) groups is 3. The Morgan fingerprint density at radius 2 is 1.58 bits per heavy atom. The number of nitrogens with one attached hydrogen (secondary N) is 1. The first-order valence-corrected chi connectivity index (χ1v) is 11.2. The highest BCUT2D eigenvalue weighted by atomic mass is 16.5. The Bertz CT molecular complexity index is 1040. The van der Waals surface area contributed by atoms with Crippen LogP contribution < -0.4 is 5.32 Å². The van der Waals surface area contributed by atoms with E-state index in [4.69, 9.17) is 4.74 Å². The molecule has 0 aromatic heterocycles. The lowest BCUT2D eigenvalue weighted by Crippen LogP contribution is -2.48. The summed E-state index contributed by atoms with van der Waals surface area (Å²) in [5.41, 5.74) is 3.28. The maximum atomic E-state index is 12.8. The van der Waals surface area contributed by atoms with E-state index in [2.05, 4.69) is 36.2 Å². The molecule has 1 aliphatic carbocycles. The normalized spacial score (nSPS) is 14.4. The number of rotatable bonds is 8. The molecule has 1 aliphatic rings. The van der Waals surface area contributed by atoms with Crippen LogP contribution in [0.3, 0.4) is 0 Å². The number of esters is 1. The topological polar surface area (TPSA) is 75.7 Å². The molecule has 1 amide bonds. The van der Waals surface area contributed by atoms with Crippen molar-refractivity contribution in [2.24, 2.45) is 0 Å². The number of hydrogen-bond acceptors (Lipinski definition) is 5. The number of ketones is 1. The summed E-state index contributed by atoms with van der Waals surface area (Å²) in [5, 5.41) is 3.58. The highest BCUT2D eigenvalue weighted by molar-refractivity contribution is 6.07. The third kappa shape index (κ3) is 6.30. The molecular weight excluding hydrogens is 416 g/mol. The van der Waals surface area contributed by atoms with Crippen LogP contribution in [-0.4, -0.2) is 48.8 Å². The summed E-state index contributed by atoms with van der Waals surface area (Å²) in [6.07, 6.45) is 2.65. The first-order valence-electron chi connectivity index (χ1n) is 11.2. The number of amides is 1. The SMILES string of the molecule is CCC(=O)C(C(=O)OC)N(C)C(=O)c1ccc(C#Cc2ccc(C(C)NC3CC3)cc2)cc1. The number of carbonyl (C=O) groups excluding carboxylic acids is 3. The van der Waals surface area contributed by atoms with Gasteiger partial charge in [-0.25, -0.2) is 4.79 Å². The van der Waals surface area contributed by atoms with Gasteiger partial charge in [-0.05, 0) is 61.7 Å². The predicted molar refractivity (Wildman–Crippen MR) is 127 cm³/mol. The first kappa shape index (κ1) is 24.2. The number of nitrogens with zero attached hydrogens (tertiary/aromatic N) is 1. The summed E-state index contributed by atoms with van der Waals surface area (Å²) in [5.74, 6) is 4.70. The van der Waals surface area contributed by atoms with Crippen LogP contribution >= 0.6 is 0 Å². The molecule has 33 heavy (non-hydrogen) atoms. The van der Waals surface area contributed by atoms with Crippen molar-refractivity contribution in [3.8, 4) is 11.8 Å². The number of benzene rings is 2. The predicted octanol–water partition coefficient (Wildman–Crippen LogP) is 3.49. The van der Waals surface area contributed by atoms with Gasteiger partial charge in [0.15, 0.2) is 11.8 Å². The van der Waals surface area contributed by atoms with E-state index >= 15 is 0 Å². The molecule has 1 N–H and O–H groups in total. The highest BCUT2D eigenvalue weighted by Crippen LogP contribution is 2.24. The van der Waals surface area contributed by atoms with Crippen LogP contribution in [0.15, 0.2) is 48.5 Å². The van der Waals surface area contributed by atoms with Gasteiger partial charge in [-0.2, -0.15) is 0 Å². The average molecular weight is 447 g/mol. The molecular formula is C27H30N2O4. The highest BCUT2D eigenvalue weighted by Gasteiger charge is 2.33. The maximum Gasteiger partial charge on any atom is 0.336 e. The van der Waals surface area contributed by atoms with E-state index in [-0.39, 0.29) is 12.2 Å². The fraction of sp³-hybridized carbons (Fsp3) is 0.370. The van der Waals surface area contributed by atoms with Gasteiger partial charge in [0.2, 0.25) is 0 Å². The van der Waals surface area contributed by atoms with Crippen molar-refractivity contribution in [2.45, 2.75) is 51.2 Å². The Hall–Kier alpha value is -3.43. The van der Waals surface area contributed by atoms with E-state index in [1.54, 1.807) is 31.2 Å². The number of methoxy groups -OCH3 is 1. The first-order chi connectivity index (χ1) is 15.8. The van der Waals surface area contributed by atoms with Gasteiger partial charge >= 0.3 is 5.97 Å². The van der Waals surface area contributed by atoms with Crippen LogP contribution in [0.5, 0.6) is 0 Å². The monoisotopic (exact) mass is 446 g/mol. The molecule has 172 valence electrons. The molecule has 0 heterocycles. The lowest BCUT2D eigenvalue weighted by atomic mass is 10.1. The Labute approximate surface area is 195 Å². The molecule has 2 unspecified atom stereocenters. The summed E-state index contributed by atoms with van der Waals surface area (Å²) in [6.45, 7) is 3.81. The second-order valence-corrected chi connectivity index (χ2v) is 8.27. The Morgan fingerprint density at radius 1 is 1.03 bits per heavy atom. The largest absolute Gasteiger partial charge is 0.467 e. The summed E-state index contributed by atoms with van der Waals surface area (Å²) in [7, 11) is 2.62. The third-order valence-electron chi connectivity index (χ3n) is 5.74. The fourth-order valence-electron chi connectivity index (χ4n) is 3.53. The van der Waals surface area contributed by atoms with Crippen LogP contribution in [0.25, 0.3) is 0 Å². The van der Waals surface area contributed by atoms with Crippen LogP contribution in [0.1, 0.15) is 66.2 Å². The Balaban J connectivity index is 1.66. The molecule has 6 nitrogen and oxygen atoms in total. The lowest BCUT2D eigenvalue weighted by Gasteiger charge is -2.24. The fourth-order valence-corrected chi connectivity index (χ4v) is 3.53. The van der Waals surface area contributed by atoms with Gasteiger partial charge < -0.3 is 15.0 Å². The Kier molecular flexibility index (Phi) is 8.02. The van der Waals surface area contributed by atoms with Gasteiger partial charge in [0.1, 0.15) is 0 Å². The quantitative estimate of drug-likeness (QED) is 0.382. The van der Waals surface area contributed by atoms with E-state index in [1.165, 1.54) is 32.6 Å². The molecule has 0 saturated heterocycles. The lowest BCUT2D eigenvalue weighted by molar-refractivity contribution is -0.149. The maximum absolute atomic E-state index is 12.8. The zero-order valence-electron chi connectivity index (χ0n) is 19.6. The minimum atomic E-state index is -1.25. The molecule has 1 fully saturated rings. The molecule has 2 atom stereocenters. The Morgan fingerprint density at radius 3 is 2.06 bits per heavy atom. The van der Waals surface area contributed by atoms with Crippen molar-refractivity contribution < 1.29 is 19.1 Å². The van der Waals surface area contributed by atoms with Crippen molar-refractivity contribution in [2.75, 3.05) is 14.2 Å². The van der Waals surface area contributed by atoms with Crippen molar-refractivity contribution in [3.63, 3.8) is 0 Å². The van der Waals surface area contributed by atoms with E-state index < -0.39 is 17.9 Å². The van der Waals surface area contributed by atoms with Gasteiger partial charge in [-0.3, -0.25) is 9.59 Å². The second-order valence-electron chi connectivity index (χ2n) is 8.27. The minimum Gasteiger partial charge on any atom is -0.467 e. The third-order valence-corrected chi connectivity index (χ3v) is 5.74. The summed E-state index contributed by atoms with van der Waals surface area (Å²) in [4.78, 5) is 38.1. The molecule has 2 aromatic rings. The van der Waals surface area contributed by atoms with Gasteiger partial charge in [-0.15, -0.1) is 0 Å². The van der Waals surface area contributed by atoms with Crippen molar-refractivity contribution in [1.29, 1.82) is 0 Å². The van der Waals surface area contributed by atoms with E-state index in [0.29, 0.717) is 17.6 Å². The van der Waals surface area contributed by atoms with E-state index in [9.17, 15) is 14.4 Å². The van der Waals surface area contributed by atoms with E-state index in [0.717, 1.165) is 16.0 Å². The summed E-state index contributed by atoms with van der Waals surface area (Å²) in [6, 6.07) is 14.7. The molecule has 0 aliphatic heterocycles. The molecule has 0 spiro atoms. The van der Waals surface area contributed by atoms with Crippen LogP contribution in [-0.2, 0) is 14.3 Å². The molecule has 0 bridgehead atoms. The van der Waals surface area contributed by atoms with Gasteiger partial charge in [0.25, 0.3) is 5.91 Å². The van der Waals surface area contributed by atoms with Gasteiger partial charge in [-0.1, -0.05) is 30.9 Å². The molecule has 0 radical (unpaired) electrons. The molecule has 6 heteroatoms. The molecule has 1 saturated carbocycles.